The Bertz CT molecular complexity index is 185. The van der Waals surface area contributed by atoms with Gasteiger partial charge in [-0.15, -0.1) is 0 Å². The smallest absolute Gasteiger partial charge is 0.395 e. The van der Waals surface area contributed by atoms with Crippen molar-refractivity contribution < 1.29 is 9.15 Å². The fourth-order valence-corrected chi connectivity index (χ4v) is 0.460. The summed E-state index contributed by atoms with van der Waals surface area (Å²) in [6.45, 7) is 2.39. The summed E-state index contributed by atoms with van der Waals surface area (Å²) >= 11 is 0. The zero-order valence-electron chi connectivity index (χ0n) is 5.13. The van der Waals surface area contributed by atoms with Crippen molar-refractivity contribution in [1.29, 1.82) is 0 Å². The Morgan fingerprint density at radius 2 is 2.67 bits per heavy atom. The van der Waals surface area contributed by atoms with Gasteiger partial charge in [0.15, 0.2) is 0 Å². The van der Waals surface area contributed by atoms with E-state index in [1.165, 1.54) is 6.20 Å². The van der Waals surface area contributed by atoms with E-state index < -0.39 is 0 Å². The molecule has 0 saturated carbocycles. The highest BCUT2D eigenvalue weighted by Crippen LogP contribution is 2.11. The summed E-state index contributed by atoms with van der Waals surface area (Å²) in [5, 5.41) is 0. The molecule has 0 amide bonds. The van der Waals surface area contributed by atoms with Crippen LogP contribution in [0.25, 0.3) is 0 Å². The molecule has 0 bridgehead atoms. The molecule has 1 aromatic heterocycles. The fraction of sp³-hybridized carbons (Fsp3) is 0.400. The number of ether oxygens (including phenoxy) is 1. The standard InChI is InChI=1S/C5H8N2O2/c1-2-8-5-7-3-4(6)9-5/h3H,2,6H2,1H3. The molecule has 0 unspecified atom stereocenters. The maximum atomic E-state index is 5.20. The quantitative estimate of drug-likeness (QED) is 0.635. The molecule has 2 N–H and O–H groups in total. The lowest BCUT2D eigenvalue weighted by atomic mass is 10.9. The lowest BCUT2D eigenvalue weighted by molar-refractivity contribution is 0.248. The summed E-state index contributed by atoms with van der Waals surface area (Å²) in [7, 11) is 0. The Balaban J connectivity index is 2.61. The zero-order chi connectivity index (χ0) is 6.69. The highest BCUT2D eigenvalue weighted by Gasteiger charge is 1.97. The van der Waals surface area contributed by atoms with E-state index >= 15 is 0 Å². The van der Waals surface area contributed by atoms with E-state index in [2.05, 4.69) is 4.98 Å². The third-order valence-corrected chi connectivity index (χ3v) is 0.770. The van der Waals surface area contributed by atoms with Gasteiger partial charge < -0.3 is 14.9 Å². The number of nitrogen functional groups attached to an aromatic ring is 1. The molecule has 1 rings (SSSR count). The molecule has 0 spiro atoms. The molecule has 0 aliphatic carbocycles. The van der Waals surface area contributed by atoms with Crippen LogP contribution in [0.3, 0.4) is 0 Å². The molecule has 0 saturated heterocycles. The van der Waals surface area contributed by atoms with Gasteiger partial charge in [-0.2, -0.15) is 4.98 Å². The van der Waals surface area contributed by atoms with Gasteiger partial charge >= 0.3 is 6.08 Å². The highest BCUT2D eigenvalue weighted by molar-refractivity contribution is 5.19. The maximum Gasteiger partial charge on any atom is 0.395 e. The van der Waals surface area contributed by atoms with E-state index in [4.69, 9.17) is 14.9 Å². The second kappa shape index (κ2) is 2.39. The maximum absolute atomic E-state index is 5.20. The van der Waals surface area contributed by atoms with E-state index in [0.717, 1.165) is 0 Å². The number of hydrogen-bond acceptors (Lipinski definition) is 4. The summed E-state index contributed by atoms with van der Waals surface area (Å²) in [5.74, 6) is 0.276. The van der Waals surface area contributed by atoms with Crippen LogP contribution in [0, 0.1) is 0 Å². The van der Waals surface area contributed by atoms with Crippen LogP contribution in [0.4, 0.5) is 5.88 Å². The molecule has 50 valence electrons. The van der Waals surface area contributed by atoms with Crippen molar-refractivity contribution in [2.45, 2.75) is 6.92 Å². The third kappa shape index (κ3) is 1.35. The normalized spacial score (nSPS) is 9.44. The number of nitrogens with two attached hydrogens (primary N) is 1. The number of aromatic nitrogens is 1. The molecule has 0 fully saturated rings. The summed E-state index contributed by atoms with van der Waals surface area (Å²) in [4.78, 5) is 3.69. The first-order valence-corrected chi connectivity index (χ1v) is 2.67. The number of nitrogens with zero attached hydrogens (tertiary/aromatic N) is 1. The predicted octanol–water partition coefficient (Wildman–Crippen LogP) is 0.655. The van der Waals surface area contributed by atoms with Gasteiger partial charge in [0.05, 0.1) is 12.8 Å². The van der Waals surface area contributed by atoms with Crippen molar-refractivity contribution in [1.82, 2.24) is 4.98 Å². The zero-order valence-corrected chi connectivity index (χ0v) is 5.13. The van der Waals surface area contributed by atoms with Crippen LogP contribution < -0.4 is 10.5 Å². The fourth-order valence-electron chi connectivity index (χ4n) is 0.460. The Hall–Kier alpha value is -1.19. The largest absolute Gasteiger partial charge is 0.450 e. The first-order chi connectivity index (χ1) is 4.33. The second-order valence-electron chi connectivity index (χ2n) is 1.46. The minimum absolute atomic E-state index is 0.231. The van der Waals surface area contributed by atoms with E-state index in [1.54, 1.807) is 0 Å². The van der Waals surface area contributed by atoms with Crippen LogP contribution in [-0.4, -0.2) is 11.6 Å². The molecule has 0 atom stereocenters. The van der Waals surface area contributed by atoms with Crippen LogP contribution in [-0.2, 0) is 0 Å². The molecule has 0 radical (unpaired) electrons. The van der Waals surface area contributed by atoms with Gasteiger partial charge in [-0.3, -0.25) is 0 Å². The average molecular weight is 128 g/mol. The van der Waals surface area contributed by atoms with Crippen molar-refractivity contribution in [2.24, 2.45) is 0 Å². The third-order valence-electron chi connectivity index (χ3n) is 0.770. The molecule has 0 aliphatic heterocycles. The molecule has 4 heteroatoms. The first-order valence-electron chi connectivity index (χ1n) is 2.67. The number of hydrogen-bond donors (Lipinski definition) is 1. The number of oxazole rings is 1. The van der Waals surface area contributed by atoms with Gasteiger partial charge in [-0.05, 0) is 6.92 Å². The van der Waals surface area contributed by atoms with Crippen molar-refractivity contribution >= 4 is 5.88 Å². The monoisotopic (exact) mass is 128 g/mol. The van der Waals surface area contributed by atoms with E-state index in [1.807, 2.05) is 6.92 Å². The summed E-state index contributed by atoms with van der Waals surface area (Å²) in [6.07, 6.45) is 1.64. The van der Waals surface area contributed by atoms with E-state index in [9.17, 15) is 0 Å². The summed E-state index contributed by atoms with van der Waals surface area (Å²) in [6, 6.07) is 0. The Morgan fingerprint density at radius 3 is 3.11 bits per heavy atom. The second-order valence-corrected chi connectivity index (χ2v) is 1.46. The molecular formula is C5H8N2O2. The van der Waals surface area contributed by atoms with Crippen molar-refractivity contribution in [3.05, 3.63) is 6.20 Å². The van der Waals surface area contributed by atoms with Gasteiger partial charge in [0.25, 0.3) is 0 Å². The number of rotatable bonds is 2. The molecule has 0 aliphatic rings. The summed E-state index contributed by atoms with van der Waals surface area (Å²) < 4.78 is 9.64. The minimum atomic E-state index is 0.231. The van der Waals surface area contributed by atoms with Gasteiger partial charge in [0, 0.05) is 0 Å². The molecule has 9 heavy (non-hydrogen) atoms. The van der Waals surface area contributed by atoms with Crippen LogP contribution in [0.15, 0.2) is 10.6 Å². The first kappa shape index (κ1) is 5.94. The predicted molar refractivity (Wildman–Crippen MR) is 32.1 cm³/mol. The highest BCUT2D eigenvalue weighted by atomic mass is 16.6. The van der Waals surface area contributed by atoms with Crippen LogP contribution in [0.2, 0.25) is 0 Å². The SMILES string of the molecule is CCOc1ncc(N)o1. The minimum Gasteiger partial charge on any atom is -0.450 e. The van der Waals surface area contributed by atoms with Crippen LogP contribution in [0.5, 0.6) is 6.08 Å². The summed E-state index contributed by atoms with van der Waals surface area (Å²) in [5.41, 5.74) is 5.20. The van der Waals surface area contributed by atoms with Crippen LogP contribution >= 0.6 is 0 Å². The molecule has 4 nitrogen and oxygen atoms in total. The van der Waals surface area contributed by atoms with Gasteiger partial charge in [-0.1, -0.05) is 0 Å². The average Bonchev–Trinajstić information content (AvgIpc) is 2.17. The molecule has 0 aromatic carbocycles. The molecule has 1 aromatic rings. The molecular weight excluding hydrogens is 120 g/mol. The van der Waals surface area contributed by atoms with Crippen molar-refractivity contribution in [3.8, 4) is 6.08 Å². The van der Waals surface area contributed by atoms with E-state index in [-0.39, 0.29) is 12.0 Å². The lowest BCUT2D eigenvalue weighted by Crippen LogP contribution is -1.89. The van der Waals surface area contributed by atoms with Gasteiger partial charge in [-0.25, -0.2) is 0 Å². The Labute approximate surface area is 52.6 Å². The molecule has 1 heterocycles. The Kier molecular flexibility index (Phi) is 1.58. The van der Waals surface area contributed by atoms with Crippen molar-refractivity contribution in [3.63, 3.8) is 0 Å². The van der Waals surface area contributed by atoms with Gasteiger partial charge in [0.2, 0.25) is 5.88 Å². The van der Waals surface area contributed by atoms with E-state index in [0.29, 0.717) is 6.61 Å². The van der Waals surface area contributed by atoms with Gasteiger partial charge in [0.1, 0.15) is 0 Å². The topological polar surface area (TPSA) is 61.3 Å². The Morgan fingerprint density at radius 1 is 1.89 bits per heavy atom. The lowest BCUT2D eigenvalue weighted by Gasteiger charge is -1.91. The number of anilines is 1. The van der Waals surface area contributed by atoms with Crippen molar-refractivity contribution in [2.75, 3.05) is 12.3 Å². The van der Waals surface area contributed by atoms with Crippen LogP contribution in [0.1, 0.15) is 6.92 Å².